The van der Waals surface area contributed by atoms with E-state index in [0.29, 0.717) is 6.04 Å². The van der Waals surface area contributed by atoms with Crippen LogP contribution < -0.4 is 0 Å². The lowest BCUT2D eigenvalue weighted by atomic mass is 10.1. The Labute approximate surface area is 82.7 Å². The van der Waals surface area contributed by atoms with Crippen molar-refractivity contribution in [2.45, 2.75) is 19.4 Å². The molecule has 0 heterocycles. The van der Waals surface area contributed by atoms with Crippen LogP contribution in [0, 0.1) is 0 Å². The largest absolute Gasteiger partial charge is 0.242 e. The van der Waals surface area contributed by atoms with Crippen molar-refractivity contribution in [3.05, 3.63) is 35.9 Å². The van der Waals surface area contributed by atoms with Gasteiger partial charge in [-0.3, -0.25) is 0 Å². The second-order valence-electron chi connectivity index (χ2n) is 3.06. The fraction of sp³-hybridized carbons (Fsp3) is 0.400. The zero-order valence-electron chi connectivity index (χ0n) is 7.50. The first-order chi connectivity index (χ1) is 5.70. The van der Waals surface area contributed by atoms with Crippen LogP contribution in [0.15, 0.2) is 30.3 Å². The number of benzene rings is 1. The number of hydrogen-bond donors (Lipinski definition) is 0. The fourth-order valence-electron chi connectivity index (χ4n) is 1.08. The highest BCUT2D eigenvalue weighted by Crippen LogP contribution is 2.09. The van der Waals surface area contributed by atoms with E-state index < -0.39 is 0 Å². The van der Waals surface area contributed by atoms with Crippen LogP contribution in [0.1, 0.15) is 12.5 Å². The molecule has 0 bridgehead atoms. The molecule has 0 spiro atoms. The number of likely N-dealkylation sites (N-methyl/N-ethyl adjacent to an activating group) is 1. The van der Waals surface area contributed by atoms with Crippen molar-refractivity contribution in [2.24, 2.45) is 0 Å². The number of halogens is 1. The van der Waals surface area contributed by atoms with Crippen LogP contribution in [0.25, 0.3) is 0 Å². The van der Waals surface area contributed by atoms with Crippen LogP contribution in [-0.4, -0.2) is 17.0 Å². The monoisotopic (exact) mass is 227 g/mol. The summed E-state index contributed by atoms with van der Waals surface area (Å²) in [5.41, 5.74) is 1.39. The van der Waals surface area contributed by atoms with Gasteiger partial charge in [0.05, 0.1) is 0 Å². The molecule has 0 saturated heterocycles. The van der Waals surface area contributed by atoms with Gasteiger partial charge in [-0.25, -0.2) is 3.93 Å². The van der Waals surface area contributed by atoms with E-state index in [1.807, 2.05) is 13.1 Å². The molecule has 1 aromatic rings. The standard InChI is InChI=1S/C10H14BrN/c1-9(12(2)11)8-10-6-4-3-5-7-10/h3-7,9H,8H2,1-2H3. The zero-order chi connectivity index (χ0) is 8.97. The Morgan fingerprint density at radius 1 is 1.33 bits per heavy atom. The Hall–Kier alpha value is -0.340. The predicted molar refractivity (Wildman–Crippen MR) is 56.3 cm³/mol. The minimum Gasteiger partial charge on any atom is -0.242 e. The van der Waals surface area contributed by atoms with Gasteiger partial charge in [-0.15, -0.1) is 0 Å². The Morgan fingerprint density at radius 2 is 1.92 bits per heavy atom. The quantitative estimate of drug-likeness (QED) is 0.719. The van der Waals surface area contributed by atoms with E-state index in [-0.39, 0.29) is 0 Å². The highest BCUT2D eigenvalue weighted by molar-refractivity contribution is 9.07. The van der Waals surface area contributed by atoms with Crippen LogP contribution in [0.2, 0.25) is 0 Å². The lowest BCUT2D eigenvalue weighted by Crippen LogP contribution is -2.21. The number of nitrogens with zero attached hydrogens (tertiary/aromatic N) is 1. The minimum absolute atomic E-state index is 0.535. The Morgan fingerprint density at radius 3 is 2.42 bits per heavy atom. The molecule has 0 radical (unpaired) electrons. The molecule has 1 unspecified atom stereocenters. The summed E-state index contributed by atoms with van der Waals surface area (Å²) in [4.78, 5) is 0. The molecular formula is C10H14BrN. The summed E-state index contributed by atoms with van der Waals surface area (Å²) in [6.45, 7) is 2.20. The Bertz CT molecular complexity index is 221. The average Bonchev–Trinajstić information content (AvgIpc) is 2.06. The molecule has 0 fully saturated rings. The van der Waals surface area contributed by atoms with Gasteiger partial charge in [0, 0.05) is 22.2 Å². The van der Waals surface area contributed by atoms with E-state index >= 15 is 0 Å². The van der Waals surface area contributed by atoms with Crippen molar-refractivity contribution in [3.8, 4) is 0 Å². The van der Waals surface area contributed by atoms with Gasteiger partial charge in [-0.1, -0.05) is 30.3 Å². The first-order valence-corrected chi connectivity index (χ1v) is 4.83. The molecule has 0 aliphatic rings. The van der Waals surface area contributed by atoms with Crippen LogP contribution in [-0.2, 0) is 6.42 Å². The Balaban J connectivity index is 2.53. The van der Waals surface area contributed by atoms with Gasteiger partial charge in [0.1, 0.15) is 0 Å². The third-order valence-electron chi connectivity index (χ3n) is 1.98. The lowest BCUT2D eigenvalue weighted by molar-refractivity contribution is 0.448. The molecule has 2 heteroatoms. The van der Waals surface area contributed by atoms with Crippen molar-refractivity contribution in [1.82, 2.24) is 3.93 Å². The maximum absolute atomic E-state index is 3.43. The van der Waals surface area contributed by atoms with Crippen molar-refractivity contribution < 1.29 is 0 Å². The van der Waals surface area contributed by atoms with Gasteiger partial charge in [0.25, 0.3) is 0 Å². The van der Waals surface area contributed by atoms with Gasteiger partial charge < -0.3 is 0 Å². The summed E-state index contributed by atoms with van der Waals surface area (Å²) in [5, 5.41) is 0. The van der Waals surface area contributed by atoms with Crippen molar-refractivity contribution in [2.75, 3.05) is 7.05 Å². The smallest absolute Gasteiger partial charge is 0.0214 e. The maximum atomic E-state index is 3.43. The van der Waals surface area contributed by atoms with Gasteiger partial charge in [-0.05, 0) is 26.0 Å². The van der Waals surface area contributed by atoms with E-state index in [2.05, 4.69) is 51.3 Å². The molecule has 66 valence electrons. The second kappa shape index (κ2) is 4.63. The fourth-order valence-corrected chi connectivity index (χ4v) is 1.23. The van der Waals surface area contributed by atoms with E-state index in [4.69, 9.17) is 0 Å². The summed E-state index contributed by atoms with van der Waals surface area (Å²) in [7, 11) is 2.04. The van der Waals surface area contributed by atoms with Crippen LogP contribution in [0.3, 0.4) is 0 Å². The van der Waals surface area contributed by atoms with Crippen LogP contribution >= 0.6 is 16.1 Å². The normalized spacial score (nSPS) is 13.3. The molecule has 0 N–H and O–H groups in total. The van der Waals surface area contributed by atoms with Crippen LogP contribution in [0.5, 0.6) is 0 Å². The number of rotatable bonds is 3. The summed E-state index contributed by atoms with van der Waals surface area (Å²) in [5.74, 6) is 0. The topological polar surface area (TPSA) is 3.24 Å². The van der Waals surface area contributed by atoms with Gasteiger partial charge in [-0.2, -0.15) is 0 Å². The van der Waals surface area contributed by atoms with Crippen molar-refractivity contribution in [1.29, 1.82) is 0 Å². The van der Waals surface area contributed by atoms with Gasteiger partial charge >= 0.3 is 0 Å². The molecule has 0 amide bonds. The van der Waals surface area contributed by atoms with Gasteiger partial charge in [0.15, 0.2) is 0 Å². The third kappa shape index (κ3) is 2.95. The third-order valence-corrected chi connectivity index (χ3v) is 2.68. The average molecular weight is 228 g/mol. The number of hydrogen-bond acceptors (Lipinski definition) is 1. The molecule has 1 rings (SSSR count). The highest BCUT2D eigenvalue weighted by Gasteiger charge is 2.05. The van der Waals surface area contributed by atoms with Crippen molar-refractivity contribution in [3.63, 3.8) is 0 Å². The highest BCUT2D eigenvalue weighted by atomic mass is 79.9. The summed E-state index contributed by atoms with van der Waals surface area (Å²) in [6, 6.07) is 11.1. The summed E-state index contributed by atoms with van der Waals surface area (Å²) in [6.07, 6.45) is 1.09. The van der Waals surface area contributed by atoms with Crippen LogP contribution in [0.4, 0.5) is 0 Å². The molecule has 0 saturated carbocycles. The molecule has 0 aliphatic carbocycles. The van der Waals surface area contributed by atoms with E-state index in [0.717, 1.165) is 6.42 Å². The van der Waals surface area contributed by atoms with Crippen molar-refractivity contribution >= 4 is 16.1 Å². The Kier molecular flexibility index (Phi) is 3.76. The lowest BCUT2D eigenvalue weighted by Gasteiger charge is -2.16. The molecule has 0 aliphatic heterocycles. The molecule has 1 aromatic carbocycles. The van der Waals surface area contributed by atoms with E-state index in [1.165, 1.54) is 5.56 Å². The molecule has 1 atom stereocenters. The first-order valence-electron chi connectivity index (χ1n) is 4.12. The summed E-state index contributed by atoms with van der Waals surface area (Å²) >= 11 is 3.43. The summed E-state index contributed by atoms with van der Waals surface area (Å²) < 4.78 is 2.06. The van der Waals surface area contributed by atoms with E-state index in [9.17, 15) is 0 Å². The molecule has 0 aromatic heterocycles. The zero-order valence-corrected chi connectivity index (χ0v) is 9.08. The molecule has 1 nitrogen and oxygen atoms in total. The molecule has 12 heavy (non-hydrogen) atoms. The minimum atomic E-state index is 0.535. The first kappa shape index (κ1) is 9.75. The SMILES string of the molecule is CC(Cc1ccccc1)N(C)Br. The van der Waals surface area contributed by atoms with E-state index in [1.54, 1.807) is 0 Å². The molecular weight excluding hydrogens is 214 g/mol. The predicted octanol–water partition coefficient (Wildman–Crippen LogP) is 2.86. The maximum Gasteiger partial charge on any atom is 0.0214 e. The second-order valence-corrected chi connectivity index (χ2v) is 4.18. The van der Waals surface area contributed by atoms with Gasteiger partial charge in [0.2, 0.25) is 0 Å².